The largest absolute Gasteiger partial charge is 0.497 e. The number of ether oxygens (including phenoxy) is 1. The van der Waals surface area contributed by atoms with E-state index in [1.165, 1.54) is 6.42 Å². The maximum Gasteiger partial charge on any atom is 0.260 e. The number of benzene rings is 1. The summed E-state index contributed by atoms with van der Waals surface area (Å²) >= 11 is 0. The van der Waals surface area contributed by atoms with E-state index in [2.05, 4.69) is 18.8 Å². The van der Waals surface area contributed by atoms with Crippen LogP contribution in [0.4, 0.5) is 0 Å². The fourth-order valence-corrected chi connectivity index (χ4v) is 5.14. The Morgan fingerprint density at radius 1 is 0.939 bits per heavy atom. The van der Waals surface area contributed by atoms with Crippen LogP contribution in [0.25, 0.3) is 21.8 Å². The molecule has 6 nitrogen and oxygen atoms in total. The first-order valence-corrected chi connectivity index (χ1v) is 11.6. The lowest BCUT2D eigenvalue weighted by molar-refractivity contribution is 0.183. The molecule has 4 aromatic rings. The van der Waals surface area contributed by atoms with Gasteiger partial charge in [0.15, 0.2) is 0 Å². The molecule has 3 aromatic heterocycles. The average Bonchev–Trinajstić information content (AvgIpc) is 2.83. The third-order valence-corrected chi connectivity index (χ3v) is 7.38. The lowest BCUT2D eigenvalue weighted by atomic mass is 9.78. The molecule has 0 bridgehead atoms. The molecule has 1 aliphatic rings. The van der Waals surface area contributed by atoms with Gasteiger partial charge in [0.1, 0.15) is 5.75 Å². The van der Waals surface area contributed by atoms with Crippen LogP contribution < -0.4 is 15.9 Å². The number of hydrogen-bond donors (Lipinski definition) is 0. The summed E-state index contributed by atoms with van der Waals surface area (Å²) in [6.07, 6.45) is 6.99. The number of pyridine rings is 3. The van der Waals surface area contributed by atoms with Crippen molar-refractivity contribution in [1.29, 1.82) is 0 Å². The number of rotatable bonds is 4. The second-order valence-electron chi connectivity index (χ2n) is 9.31. The van der Waals surface area contributed by atoms with Gasteiger partial charge in [-0.1, -0.05) is 38.8 Å². The van der Waals surface area contributed by atoms with Crippen molar-refractivity contribution in [3.63, 3.8) is 0 Å². The molecule has 6 heteroatoms. The molecule has 5 rings (SSSR count). The minimum Gasteiger partial charge on any atom is -0.497 e. The molecule has 0 amide bonds. The summed E-state index contributed by atoms with van der Waals surface area (Å²) in [5, 5.41) is 0.980. The van der Waals surface area contributed by atoms with Crippen LogP contribution in [0.5, 0.6) is 5.75 Å². The summed E-state index contributed by atoms with van der Waals surface area (Å²) in [7, 11) is 1.63. The van der Waals surface area contributed by atoms with Crippen LogP contribution in [0.3, 0.4) is 0 Å². The minimum atomic E-state index is -0.146. The maximum absolute atomic E-state index is 13.5. The number of aromatic nitrogens is 3. The Morgan fingerprint density at radius 2 is 1.64 bits per heavy atom. The second kappa shape index (κ2) is 8.50. The Kier molecular flexibility index (Phi) is 5.52. The quantitative estimate of drug-likeness (QED) is 0.426. The lowest BCUT2D eigenvalue weighted by Crippen LogP contribution is -2.33. The molecule has 0 spiro atoms. The fourth-order valence-electron chi connectivity index (χ4n) is 5.14. The molecule has 0 saturated heterocycles. The van der Waals surface area contributed by atoms with Crippen LogP contribution in [-0.4, -0.2) is 21.2 Å². The number of methoxy groups -OCH3 is 1. The van der Waals surface area contributed by atoms with Crippen LogP contribution in [0, 0.1) is 11.8 Å². The van der Waals surface area contributed by atoms with Crippen molar-refractivity contribution >= 4 is 21.8 Å². The summed E-state index contributed by atoms with van der Waals surface area (Å²) in [6, 6.07) is 13.3. The molecule has 1 aliphatic carbocycles. The van der Waals surface area contributed by atoms with E-state index in [0.717, 1.165) is 24.2 Å². The summed E-state index contributed by atoms with van der Waals surface area (Å²) in [4.78, 5) is 31.4. The smallest absolute Gasteiger partial charge is 0.260 e. The summed E-state index contributed by atoms with van der Waals surface area (Å²) in [5.41, 5.74) is 2.03. The number of hydrogen-bond acceptors (Lipinski definition) is 4. The lowest BCUT2D eigenvalue weighted by Gasteiger charge is -2.35. The molecule has 33 heavy (non-hydrogen) atoms. The van der Waals surface area contributed by atoms with Crippen LogP contribution in [-0.2, 0) is 6.54 Å². The van der Waals surface area contributed by atoms with Crippen LogP contribution >= 0.6 is 0 Å². The van der Waals surface area contributed by atoms with Crippen LogP contribution in [0.15, 0.2) is 64.4 Å². The third-order valence-electron chi connectivity index (χ3n) is 7.38. The SMILES string of the molecule is COc1ccc(Cn2ccc3nc4ccn(C5CCCC(C)C5C)c(=O)c4cc3c2=O)cc1. The van der Waals surface area contributed by atoms with E-state index >= 15 is 0 Å². The molecule has 3 heterocycles. The van der Waals surface area contributed by atoms with E-state index in [-0.39, 0.29) is 17.2 Å². The molecular formula is C27H29N3O3. The normalized spacial score (nSPS) is 20.9. The first kappa shape index (κ1) is 21.4. The topological polar surface area (TPSA) is 66.1 Å². The van der Waals surface area contributed by atoms with Crippen LogP contribution in [0.2, 0.25) is 0 Å². The highest BCUT2D eigenvalue weighted by Crippen LogP contribution is 2.37. The van der Waals surface area contributed by atoms with Gasteiger partial charge in [-0.15, -0.1) is 0 Å². The number of nitrogens with zero attached hydrogens (tertiary/aromatic N) is 3. The van der Waals surface area contributed by atoms with Gasteiger partial charge < -0.3 is 13.9 Å². The highest BCUT2D eigenvalue weighted by Gasteiger charge is 2.29. The summed E-state index contributed by atoms with van der Waals surface area (Å²) in [5.74, 6) is 1.80. The monoisotopic (exact) mass is 443 g/mol. The van der Waals surface area contributed by atoms with E-state index < -0.39 is 0 Å². The highest BCUT2D eigenvalue weighted by atomic mass is 16.5. The van der Waals surface area contributed by atoms with Gasteiger partial charge in [-0.3, -0.25) is 9.59 Å². The molecule has 170 valence electrons. The van der Waals surface area contributed by atoms with Gasteiger partial charge in [-0.05, 0) is 54.2 Å². The fraction of sp³-hybridized carbons (Fsp3) is 0.370. The highest BCUT2D eigenvalue weighted by molar-refractivity contribution is 5.91. The van der Waals surface area contributed by atoms with Crippen LogP contribution in [0.1, 0.15) is 44.7 Å². The average molecular weight is 444 g/mol. The molecule has 1 aromatic carbocycles. The predicted molar refractivity (Wildman–Crippen MR) is 131 cm³/mol. The zero-order valence-corrected chi connectivity index (χ0v) is 19.3. The zero-order valence-electron chi connectivity index (χ0n) is 19.3. The number of fused-ring (bicyclic) bond motifs is 2. The van der Waals surface area contributed by atoms with Crippen molar-refractivity contribution in [3.8, 4) is 5.75 Å². The van der Waals surface area contributed by atoms with E-state index in [9.17, 15) is 9.59 Å². The van der Waals surface area contributed by atoms with Gasteiger partial charge in [0.2, 0.25) is 0 Å². The first-order valence-electron chi connectivity index (χ1n) is 11.6. The Hall–Kier alpha value is -3.41. The van der Waals surface area contributed by atoms with E-state index in [1.807, 2.05) is 47.2 Å². The molecular weight excluding hydrogens is 414 g/mol. The molecule has 0 N–H and O–H groups in total. The second-order valence-corrected chi connectivity index (χ2v) is 9.31. The van der Waals surface area contributed by atoms with Gasteiger partial charge in [-0.2, -0.15) is 0 Å². The summed E-state index contributed by atoms with van der Waals surface area (Å²) < 4.78 is 8.74. The van der Waals surface area contributed by atoms with Gasteiger partial charge in [0.05, 0.1) is 35.5 Å². The first-order chi connectivity index (χ1) is 16.0. The molecule has 3 unspecified atom stereocenters. The minimum absolute atomic E-state index is 0.0576. The van der Waals surface area contributed by atoms with E-state index in [4.69, 9.17) is 4.74 Å². The zero-order chi connectivity index (χ0) is 23.1. The molecule has 3 atom stereocenters. The standard InChI is InChI=1S/C27H29N3O3/c1-17-5-4-6-25(18(17)2)30-14-12-24-22(27(30)32)15-21-23(28-24)11-13-29(26(21)31)16-19-7-9-20(33-3)10-8-19/h7-15,17-18,25H,4-6,16H2,1-3H3. The van der Waals surface area contributed by atoms with Crippen molar-refractivity contribution in [3.05, 3.63) is 81.1 Å². The Bertz CT molecular complexity index is 1440. The predicted octanol–water partition coefficient (Wildman–Crippen LogP) is 4.77. The molecule has 1 fully saturated rings. The van der Waals surface area contributed by atoms with Crippen molar-refractivity contribution < 1.29 is 4.74 Å². The van der Waals surface area contributed by atoms with Crippen molar-refractivity contribution in [2.75, 3.05) is 7.11 Å². The maximum atomic E-state index is 13.5. The van der Waals surface area contributed by atoms with Gasteiger partial charge >= 0.3 is 0 Å². The van der Waals surface area contributed by atoms with Gasteiger partial charge in [0, 0.05) is 18.4 Å². The molecule has 0 radical (unpaired) electrons. The molecule has 1 saturated carbocycles. The van der Waals surface area contributed by atoms with Crippen molar-refractivity contribution in [2.45, 2.75) is 45.7 Å². The Labute approximate surface area is 192 Å². The summed E-state index contributed by atoms with van der Waals surface area (Å²) in [6.45, 7) is 4.94. The van der Waals surface area contributed by atoms with E-state index in [1.54, 1.807) is 23.9 Å². The van der Waals surface area contributed by atoms with Gasteiger partial charge in [0.25, 0.3) is 11.1 Å². The van der Waals surface area contributed by atoms with Crippen molar-refractivity contribution in [2.24, 2.45) is 11.8 Å². The third kappa shape index (κ3) is 3.84. The van der Waals surface area contributed by atoms with Crippen molar-refractivity contribution in [1.82, 2.24) is 14.1 Å². The van der Waals surface area contributed by atoms with Gasteiger partial charge in [-0.25, -0.2) is 4.98 Å². The van der Waals surface area contributed by atoms with E-state index in [0.29, 0.717) is 40.2 Å². The Balaban J connectivity index is 1.58. The Morgan fingerprint density at radius 3 is 2.36 bits per heavy atom. The molecule has 0 aliphatic heterocycles.